The van der Waals surface area contributed by atoms with Crippen LogP contribution in [0.2, 0.25) is 0 Å². The van der Waals surface area contributed by atoms with Crippen molar-refractivity contribution in [2.45, 2.75) is 6.92 Å². The molecule has 0 heterocycles. The molecule has 0 aliphatic carbocycles. The van der Waals surface area contributed by atoms with Crippen LogP contribution in [0.4, 0.5) is 0 Å². The van der Waals surface area contributed by atoms with Crippen molar-refractivity contribution in [2.24, 2.45) is 0 Å². The number of rotatable bonds is 7. The largest absolute Gasteiger partial charge is 0.460 e. The van der Waals surface area contributed by atoms with E-state index in [2.05, 4.69) is 18.5 Å². The molecule has 0 saturated heterocycles. The van der Waals surface area contributed by atoms with Gasteiger partial charge in [0.25, 0.3) is 0 Å². The van der Waals surface area contributed by atoms with Crippen molar-refractivity contribution >= 4 is 12.4 Å². The summed E-state index contributed by atoms with van der Waals surface area (Å²) in [6.45, 7) is 9.29. The monoisotopic (exact) mass is 209 g/mol. The summed E-state index contributed by atoms with van der Waals surface area (Å²) in [7, 11) is 0. The van der Waals surface area contributed by atoms with Crippen LogP contribution in [-0.2, 0) is 14.3 Å². The standard InChI is InChI=1S/C11H15NO3/c1-4-5-10(9(2)3)11(14)15-7-6-12-8-13/h4-5,8H,1-2,6-7H2,3H3,(H,12,13)/b10-5+. The maximum absolute atomic E-state index is 11.4. The minimum atomic E-state index is -0.463. The zero-order chi connectivity index (χ0) is 11.7. The zero-order valence-corrected chi connectivity index (χ0v) is 8.79. The summed E-state index contributed by atoms with van der Waals surface area (Å²) in [6, 6.07) is 0. The third-order valence-corrected chi connectivity index (χ3v) is 1.53. The topological polar surface area (TPSA) is 55.4 Å². The van der Waals surface area contributed by atoms with E-state index in [-0.39, 0.29) is 6.61 Å². The second kappa shape index (κ2) is 7.55. The molecule has 0 bridgehead atoms. The fraction of sp³-hybridized carbons (Fsp3) is 0.273. The normalized spacial score (nSPS) is 10.3. The molecule has 1 amide bonds. The van der Waals surface area contributed by atoms with Crippen molar-refractivity contribution in [3.05, 3.63) is 36.5 Å². The smallest absolute Gasteiger partial charge is 0.338 e. The number of carbonyl (C=O) groups excluding carboxylic acids is 2. The summed E-state index contributed by atoms with van der Waals surface area (Å²) >= 11 is 0. The van der Waals surface area contributed by atoms with Gasteiger partial charge in [-0.15, -0.1) is 0 Å². The molecule has 0 radical (unpaired) electrons. The molecule has 0 aliphatic heterocycles. The predicted molar refractivity (Wildman–Crippen MR) is 58.1 cm³/mol. The lowest BCUT2D eigenvalue weighted by Crippen LogP contribution is -2.20. The molecule has 0 atom stereocenters. The molecule has 82 valence electrons. The zero-order valence-electron chi connectivity index (χ0n) is 8.79. The summed E-state index contributed by atoms with van der Waals surface area (Å²) in [5.74, 6) is -0.463. The third-order valence-electron chi connectivity index (χ3n) is 1.53. The number of ether oxygens (including phenoxy) is 1. The molecule has 0 aromatic rings. The van der Waals surface area contributed by atoms with Crippen LogP contribution in [0.25, 0.3) is 0 Å². The van der Waals surface area contributed by atoms with Gasteiger partial charge in [0.05, 0.1) is 12.1 Å². The Labute approximate surface area is 89.3 Å². The van der Waals surface area contributed by atoms with Gasteiger partial charge in [-0.3, -0.25) is 4.79 Å². The van der Waals surface area contributed by atoms with Crippen LogP contribution in [0, 0.1) is 0 Å². The lowest BCUT2D eigenvalue weighted by Gasteiger charge is -2.06. The maximum Gasteiger partial charge on any atom is 0.338 e. The minimum Gasteiger partial charge on any atom is -0.460 e. The first-order valence-electron chi connectivity index (χ1n) is 4.46. The van der Waals surface area contributed by atoms with E-state index in [0.717, 1.165) is 0 Å². The highest BCUT2D eigenvalue weighted by Crippen LogP contribution is 2.08. The summed E-state index contributed by atoms with van der Waals surface area (Å²) in [4.78, 5) is 21.3. The van der Waals surface area contributed by atoms with Crippen LogP contribution in [-0.4, -0.2) is 25.5 Å². The first-order valence-corrected chi connectivity index (χ1v) is 4.46. The lowest BCUT2D eigenvalue weighted by atomic mass is 10.1. The molecule has 4 nitrogen and oxygen atoms in total. The first kappa shape index (κ1) is 13.2. The van der Waals surface area contributed by atoms with Crippen LogP contribution in [0.5, 0.6) is 0 Å². The van der Waals surface area contributed by atoms with Crippen molar-refractivity contribution < 1.29 is 14.3 Å². The van der Waals surface area contributed by atoms with Crippen molar-refractivity contribution in [2.75, 3.05) is 13.2 Å². The highest BCUT2D eigenvalue weighted by Gasteiger charge is 2.10. The molecule has 0 unspecified atom stereocenters. The Kier molecular flexibility index (Phi) is 6.63. The highest BCUT2D eigenvalue weighted by molar-refractivity contribution is 5.93. The van der Waals surface area contributed by atoms with E-state index in [4.69, 9.17) is 4.74 Å². The fourth-order valence-corrected chi connectivity index (χ4v) is 0.842. The Balaban J connectivity index is 4.16. The Hall–Kier alpha value is -1.84. The third kappa shape index (κ3) is 5.46. The van der Waals surface area contributed by atoms with Crippen molar-refractivity contribution in [1.82, 2.24) is 5.32 Å². The molecule has 0 spiro atoms. The van der Waals surface area contributed by atoms with Crippen LogP contribution < -0.4 is 5.32 Å². The molecule has 0 aromatic carbocycles. The first-order chi connectivity index (χ1) is 7.13. The van der Waals surface area contributed by atoms with Gasteiger partial charge < -0.3 is 10.1 Å². The molecule has 0 fully saturated rings. The Morgan fingerprint density at radius 2 is 2.20 bits per heavy atom. The molecule has 0 rings (SSSR count). The van der Waals surface area contributed by atoms with Crippen molar-refractivity contribution in [3.8, 4) is 0 Å². The number of amides is 1. The summed E-state index contributed by atoms with van der Waals surface area (Å²) in [5.41, 5.74) is 0.999. The minimum absolute atomic E-state index is 0.138. The molecule has 4 heteroatoms. The molecular weight excluding hydrogens is 194 g/mol. The van der Waals surface area contributed by atoms with Gasteiger partial charge in [-0.25, -0.2) is 4.79 Å². The quantitative estimate of drug-likeness (QED) is 0.223. The molecular formula is C11H15NO3. The number of carbonyl (C=O) groups is 2. The Morgan fingerprint density at radius 3 is 2.67 bits per heavy atom. The van der Waals surface area contributed by atoms with E-state index in [1.54, 1.807) is 6.92 Å². The fourth-order valence-electron chi connectivity index (χ4n) is 0.842. The SMILES string of the molecule is C=C/C=C(\C(=C)C)C(=O)OCCNC=O. The van der Waals surface area contributed by atoms with E-state index in [1.165, 1.54) is 12.2 Å². The number of allylic oxidation sites excluding steroid dienone is 2. The Morgan fingerprint density at radius 1 is 1.53 bits per heavy atom. The average molecular weight is 209 g/mol. The maximum atomic E-state index is 11.4. The van der Waals surface area contributed by atoms with E-state index in [1.807, 2.05) is 0 Å². The van der Waals surface area contributed by atoms with E-state index >= 15 is 0 Å². The van der Waals surface area contributed by atoms with Gasteiger partial charge in [0.2, 0.25) is 6.41 Å². The van der Waals surface area contributed by atoms with Gasteiger partial charge in [-0.2, -0.15) is 0 Å². The number of hydrogen-bond donors (Lipinski definition) is 1. The summed E-state index contributed by atoms with van der Waals surface area (Å²) in [5, 5.41) is 2.38. The van der Waals surface area contributed by atoms with Crippen LogP contribution in [0.3, 0.4) is 0 Å². The molecule has 0 aliphatic rings. The predicted octanol–water partition coefficient (Wildman–Crippen LogP) is 0.964. The van der Waals surface area contributed by atoms with Gasteiger partial charge >= 0.3 is 5.97 Å². The number of hydrogen-bond acceptors (Lipinski definition) is 3. The molecule has 15 heavy (non-hydrogen) atoms. The number of esters is 1. The number of nitrogens with one attached hydrogen (secondary N) is 1. The van der Waals surface area contributed by atoms with Gasteiger partial charge in [-0.1, -0.05) is 19.2 Å². The molecule has 1 N–H and O–H groups in total. The van der Waals surface area contributed by atoms with E-state index in [0.29, 0.717) is 24.1 Å². The van der Waals surface area contributed by atoms with E-state index < -0.39 is 5.97 Å². The van der Waals surface area contributed by atoms with Crippen molar-refractivity contribution in [3.63, 3.8) is 0 Å². The lowest BCUT2D eigenvalue weighted by molar-refractivity contribution is -0.138. The second-order valence-corrected chi connectivity index (χ2v) is 2.80. The van der Waals surface area contributed by atoms with Crippen molar-refractivity contribution in [1.29, 1.82) is 0 Å². The average Bonchev–Trinajstić information content (AvgIpc) is 2.20. The summed E-state index contributed by atoms with van der Waals surface area (Å²) in [6.07, 6.45) is 3.58. The van der Waals surface area contributed by atoms with Gasteiger partial charge in [0, 0.05) is 0 Å². The van der Waals surface area contributed by atoms with Gasteiger partial charge in [0.1, 0.15) is 6.61 Å². The van der Waals surface area contributed by atoms with Crippen LogP contribution >= 0.6 is 0 Å². The van der Waals surface area contributed by atoms with Gasteiger partial charge in [-0.05, 0) is 18.6 Å². The highest BCUT2D eigenvalue weighted by atomic mass is 16.5. The molecule has 0 aromatic heterocycles. The molecule has 0 saturated carbocycles. The van der Waals surface area contributed by atoms with Gasteiger partial charge in [0.15, 0.2) is 0 Å². The van der Waals surface area contributed by atoms with Crippen LogP contribution in [0.15, 0.2) is 36.5 Å². The van der Waals surface area contributed by atoms with Crippen LogP contribution in [0.1, 0.15) is 6.92 Å². The Bertz CT molecular complexity index is 292. The second-order valence-electron chi connectivity index (χ2n) is 2.80. The summed E-state index contributed by atoms with van der Waals surface area (Å²) < 4.78 is 4.88. The van der Waals surface area contributed by atoms with E-state index in [9.17, 15) is 9.59 Å².